The molecule has 0 fully saturated rings. The number of aliphatic hydroxyl groups excluding tert-OH is 1. The van der Waals surface area contributed by atoms with E-state index in [1.54, 1.807) is 0 Å². The maximum atomic E-state index is 12.3. The van der Waals surface area contributed by atoms with Crippen molar-refractivity contribution in [2.24, 2.45) is 5.92 Å². The number of benzene rings is 2. The van der Waals surface area contributed by atoms with Crippen LogP contribution in [0.5, 0.6) is 0 Å². The molecule has 2 aromatic carbocycles. The molecule has 0 saturated heterocycles. The van der Waals surface area contributed by atoms with Gasteiger partial charge < -0.3 is 15.4 Å². The van der Waals surface area contributed by atoms with Crippen LogP contribution in [-0.2, 0) is 17.6 Å². The summed E-state index contributed by atoms with van der Waals surface area (Å²) in [5.74, 6) is 0.0618. The second-order valence-corrected chi connectivity index (χ2v) is 7.41. The van der Waals surface area contributed by atoms with E-state index in [0.717, 1.165) is 11.9 Å². The lowest BCUT2D eigenvalue weighted by Gasteiger charge is -2.15. The molecule has 0 aliphatic carbocycles. The van der Waals surface area contributed by atoms with E-state index in [-0.39, 0.29) is 18.4 Å². The molecular weight excluding hydrogens is 336 g/mol. The van der Waals surface area contributed by atoms with Gasteiger partial charge in [0.15, 0.2) is 0 Å². The summed E-state index contributed by atoms with van der Waals surface area (Å²) in [6.07, 6.45) is 3.91. The summed E-state index contributed by atoms with van der Waals surface area (Å²) in [6.45, 7) is 4.70. The first-order valence-corrected chi connectivity index (χ1v) is 9.55. The Morgan fingerprint density at radius 3 is 2.59 bits per heavy atom. The SMILES string of the molecule is Cc1ccc(CC(CO)CNC(=O)CCc2c[nH]c3ccc(C)cc23)cc1. The minimum atomic E-state index is 0.0272. The zero-order valence-corrected chi connectivity index (χ0v) is 16.1. The number of carbonyl (C=O) groups excluding carboxylic acids is 1. The number of amides is 1. The van der Waals surface area contributed by atoms with Gasteiger partial charge >= 0.3 is 0 Å². The monoisotopic (exact) mass is 364 g/mol. The molecule has 0 bridgehead atoms. The van der Waals surface area contributed by atoms with Crippen molar-refractivity contribution in [2.75, 3.05) is 13.2 Å². The van der Waals surface area contributed by atoms with Gasteiger partial charge in [-0.05, 0) is 49.9 Å². The third kappa shape index (κ3) is 5.20. The minimum Gasteiger partial charge on any atom is -0.396 e. The van der Waals surface area contributed by atoms with E-state index in [2.05, 4.69) is 66.6 Å². The number of hydrogen-bond acceptors (Lipinski definition) is 2. The Balaban J connectivity index is 1.49. The number of rotatable bonds is 8. The van der Waals surface area contributed by atoms with Gasteiger partial charge in [0.1, 0.15) is 0 Å². The quantitative estimate of drug-likeness (QED) is 0.571. The van der Waals surface area contributed by atoms with Crippen LogP contribution in [-0.4, -0.2) is 29.1 Å². The van der Waals surface area contributed by atoms with E-state index in [0.29, 0.717) is 19.4 Å². The molecule has 1 heterocycles. The number of carbonyl (C=O) groups is 1. The van der Waals surface area contributed by atoms with E-state index in [1.807, 2.05) is 6.20 Å². The molecule has 0 spiro atoms. The molecule has 0 aliphatic heterocycles. The summed E-state index contributed by atoms with van der Waals surface area (Å²) >= 11 is 0. The second kappa shape index (κ2) is 8.87. The van der Waals surface area contributed by atoms with Crippen molar-refractivity contribution in [2.45, 2.75) is 33.1 Å². The Hall–Kier alpha value is -2.59. The summed E-state index contributed by atoms with van der Waals surface area (Å²) in [7, 11) is 0. The average Bonchev–Trinajstić information content (AvgIpc) is 3.07. The van der Waals surface area contributed by atoms with Crippen molar-refractivity contribution in [3.63, 3.8) is 0 Å². The molecule has 1 aromatic heterocycles. The van der Waals surface area contributed by atoms with E-state index in [1.165, 1.54) is 27.6 Å². The van der Waals surface area contributed by atoms with E-state index in [9.17, 15) is 9.90 Å². The van der Waals surface area contributed by atoms with Crippen LogP contribution < -0.4 is 5.32 Å². The molecule has 3 rings (SSSR count). The van der Waals surface area contributed by atoms with Crippen molar-refractivity contribution < 1.29 is 9.90 Å². The third-order valence-electron chi connectivity index (χ3n) is 5.04. The van der Waals surface area contributed by atoms with Gasteiger partial charge in [0.05, 0.1) is 0 Å². The van der Waals surface area contributed by atoms with Crippen LogP contribution in [0.4, 0.5) is 0 Å². The molecule has 0 aliphatic rings. The Kier molecular flexibility index (Phi) is 6.30. The van der Waals surface area contributed by atoms with Crippen LogP contribution in [0.15, 0.2) is 48.7 Å². The highest BCUT2D eigenvalue weighted by Crippen LogP contribution is 2.20. The van der Waals surface area contributed by atoms with Crippen molar-refractivity contribution in [3.05, 3.63) is 70.9 Å². The molecule has 1 atom stereocenters. The van der Waals surface area contributed by atoms with Gasteiger partial charge in [-0.2, -0.15) is 0 Å². The molecule has 1 unspecified atom stereocenters. The highest BCUT2D eigenvalue weighted by molar-refractivity contribution is 5.84. The molecule has 1 amide bonds. The number of fused-ring (bicyclic) bond motifs is 1. The number of aryl methyl sites for hydroxylation is 3. The summed E-state index contributed by atoms with van der Waals surface area (Å²) in [4.78, 5) is 15.5. The fourth-order valence-corrected chi connectivity index (χ4v) is 3.35. The van der Waals surface area contributed by atoms with Crippen LogP contribution in [0.2, 0.25) is 0 Å². The highest BCUT2D eigenvalue weighted by Gasteiger charge is 2.12. The number of nitrogens with one attached hydrogen (secondary N) is 2. The zero-order chi connectivity index (χ0) is 19.2. The van der Waals surface area contributed by atoms with Gasteiger partial charge in [-0.15, -0.1) is 0 Å². The fraction of sp³-hybridized carbons (Fsp3) is 0.348. The number of aromatic nitrogens is 1. The first-order valence-electron chi connectivity index (χ1n) is 9.55. The van der Waals surface area contributed by atoms with Gasteiger partial charge in [-0.1, -0.05) is 41.5 Å². The van der Waals surface area contributed by atoms with Crippen LogP contribution in [0.1, 0.15) is 28.7 Å². The second-order valence-electron chi connectivity index (χ2n) is 7.41. The predicted molar refractivity (Wildman–Crippen MR) is 110 cm³/mol. The number of aromatic amines is 1. The maximum Gasteiger partial charge on any atom is 0.220 e. The fourth-order valence-electron chi connectivity index (χ4n) is 3.35. The number of hydrogen-bond donors (Lipinski definition) is 3. The van der Waals surface area contributed by atoms with Crippen molar-refractivity contribution in [1.29, 1.82) is 0 Å². The normalized spacial score (nSPS) is 12.3. The highest BCUT2D eigenvalue weighted by atomic mass is 16.3. The molecule has 0 radical (unpaired) electrons. The lowest BCUT2D eigenvalue weighted by Crippen LogP contribution is -2.32. The minimum absolute atomic E-state index is 0.0272. The molecular formula is C23H28N2O2. The smallest absolute Gasteiger partial charge is 0.220 e. The van der Waals surface area contributed by atoms with E-state index in [4.69, 9.17) is 0 Å². The summed E-state index contributed by atoms with van der Waals surface area (Å²) in [6, 6.07) is 14.6. The Bertz CT molecular complexity index is 896. The zero-order valence-electron chi connectivity index (χ0n) is 16.1. The van der Waals surface area contributed by atoms with Gasteiger partial charge in [0, 0.05) is 42.6 Å². The van der Waals surface area contributed by atoms with Crippen molar-refractivity contribution in [1.82, 2.24) is 10.3 Å². The molecule has 27 heavy (non-hydrogen) atoms. The topological polar surface area (TPSA) is 65.1 Å². The third-order valence-corrected chi connectivity index (χ3v) is 5.04. The Morgan fingerprint density at radius 2 is 1.85 bits per heavy atom. The van der Waals surface area contributed by atoms with Crippen LogP contribution in [0.25, 0.3) is 10.9 Å². The summed E-state index contributed by atoms with van der Waals surface area (Å²) in [5.41, 5.74) is 5.90. The van der Waals surface area contributed by atoms with E-state index >= 15 is 0 Å². The summed E-state index contributed by atoms with van der Waals surface area (Å²) in [5, 5.41) is 13.8. The molecule has 0 saturated carbocycles. The van der Waals surface area contributed by atoms with Gasteiger partial charge in [0.2, 0.25) is 5.91 Å². The molecule has 142 valence electrons. The molecule has 4 nitrogen and oxygen atoms in total. The number of aliphatic hydroxyl groups is 1. The van der Waals surface area contributed by atoms with Crippen LogP contribution >= 0.6 is 0 Å². The Labute approximate surface area is 160 Å². The first-order chi connectivity index (χ1) is 13.0. The van der Waals surface area contributed by atoms with E-state index < -0.39 is 0 Å². The van der Waals surface area contributed by atoms with Crippen molar-refractivity contribution >= 4 is 16.8 Å². The lowest BCUT2D eigenvalue weighted by atomic mass is 9.99. The van der Waals surface area contributed by atoms with Crippen LogP contribution in [0.3, 0.4) is 0 Å². The predicted octanol–water partition coefficient (Wildman–Crippen LogP) is 3.68. The largest absolute Gasteiger partial charge is 0.396 e. The molecule has 3 N–H and O–H groups in total. The molecule has 3 aromatic rings. The van der Waals surface area contributed by atoms with Gasteiger partial charge in [-0.25, -0.2) is 0 Å². The van der Waals surface area contributed by atoms with Gasteiger partial charge in [-0.3, -0.25) is 4.79 Å². The Morgan fingerprint density at radius 1 is 1.11 bits per heavy atom. The maximum absolute atomic E-state index is 12.3. The first kappa shape index (κ1) is 19.2. The standard InChI is InChI=1S/C23H28N2O2/c1-16-3-6-18(7-4-16)12-19(15-26)13-25-23(27)10-8-20-14-24-22-9-5-17(2)11-21(20)22/h3-7,9,11,14,19,24,26H,8,10,12-13,15H2,1-2H3,(H,25,27). The van der Waals surface area contributed by atoms with Gasteiger partial charge in [0.25, 0.3) is 0 Å². The molecule has 4 heteroatoms. The average molecular weight is 364 g/mol. The lowest BCUT2D eigenvalue weighted by molar-refractivity contribution is -0.121. The summed E-state index contributed by atoms with van der Waals surface area (Å²) < 4.78 is 0. The van der Waals surface area contributed by atoms with Crippen molar-refractivity contribution in [3.8, 4) is 0 Å². The van der Waals surface area contributed by atoms with Crippen LogP contribution in [0, 0.1) is 19.8 Å². The number of H-pyrrole nitrogens is 1.